The van der Waals surface area contributed by atoms with Crippen LogP contribution in [0.4, 0.5) is 17.2 Å². The number of nitrogens with zero attached hydrogens (tertiary/aromatic N) is 4. The Bertz CT molecular complexity index is 1080. The van der Waals surface area contributed by atoms with Crippen molar-refractivity contribution >= 4 is 23.3 Å². The third kappa shape index (κ3) is 4.15. The van der Waals surface area contributed by atoms with Gasteiger partial charge in [0.1, 0.15) is 5.82 Å². The molecule has 2 aliphatic rings. The molecule has 0 saturated carbocycles. The number of hydrogen-bond acceptors (Lipinski definition) is 8. The van der Waals surface area contributed by atoms with Crippen molar-refractivity contribution in [1.82, 2.24) is 20.3 Å². The highest BCUT2D eigenvalue weighted by Crippen LogP contribution is 2.30. The zero-order chi connectivity index (χ0) is 21.0. The summed E-state index contributed by atoms with van der Waals surface area (Å²) < 4.78 is 10.5. The van der Waals surface area contributed by atoms with Gasteiger partial charge in [0.25, 0.3) is 0 Å². The number of hydrogen-bond donors (Lipinski definition) is 2. The lowest BCUT2D eigenvalue weighted by atomic mass is 10.0. The van der Waals surface area contributed by atoms with E-state index in [9.17, 15) is 0 Å². The van der Waals surface area contributed by atoms with Gasteiger partial charge in [-0.25, -0.2) is 15.0 Å². The fourth-order valence-electron chi connectivity index (χ4n) is 3.75. The summed E-state index contributed by atoms with van der Waals surface area (Å²) in [6, 6.07) is 10.9. The van der Waals surface area contributed by atoms with Gasteiger partial charge in [-0.05, 0) is 48.2 Å². The van der Waals surface area contributed by atoms with E-state index in [0.717, 1.165) is 60.2 Å². The molecule has 0 bridgehead atoms. The van der Waals surface area contributed by atoms with Crippen molar-refractivity contribution in [3.63, 3.8) is 0 Å². The number of anilines is 3. The van der Waals surface area contributed by atoms with Gasteiger partial charge in [0.05, 0.1) is 26.0 Å². The minimum Gasteiger partial charge on any atom is -0.467 e. The molecule has 1 fully saturated rings. The molecule has 158 valence electrons. The Hall–Kier alpha value is -3.65. The summed E-state index contributed by atoms with van der Waals surface area (Å²) in [6.07, 6.45) is 7.47. The summed E-state index contributed by atoms with van der Waals surface area (Å²) in [5.41, 5.74) is 6.08. The molecule has 31 heavy (non-hydrogen) atoms. The summed E-state index contributed by atoms with van der Waals surface area (Å²) in [7, 11) is 1.55. The monoisotopic (exact) mass is 416 g/mol. The Labute approximate surface area is 181 Å². The standard InChI is InChI=1S/C23H24N6O2/c1-30-23-25-13-17(14-26-23)21-12-16-6-7-24-15-20(16)22(28-21)27-18-2-4-19(5-3-18)29-8-10-31-11-9-29/h2-7,12-14,24H,8-11,15H2,1H3,(H,27,28). The van der Waals surface area contributed by atoms with E-state index < -0.39 is 0 Å². The van der Waals surface area contributed by atoms with Crippen LogP contribution >= 0.6 is 0 Å². The van der Waals surface area contributed by atoms with Gasteiger partial charge >= 0.3 is 6.01 Å². The van der Waals surface area contributed by atoms with Gasteiger partial charge in [-0.2, -0.15) is 0 Å². The van der Waals surface area contributed by atoms with Crippen LogP contribution in [0.2, 0.25) is 0 Å². The number of morpholine rings is 1. The van der Waals surface area contributed by atoms with Crippen LogP contribution in [-0.4, -0.2) is 48.4 Å². The van der Waals surface area contributed by atoms with E-state index in [1.54, 1.807) is 19.5 Å². The summed E-state index contributed by atoms with van der Waals surface area (Å²) in [6.45, 7) is 4.11. The second-order valence-electron chi connectivity index (χ2n) is 7.37. The highest BCUT2D eigenvalue weighted by molar-refractivity contribution is 5.74. The molecule has 8 heteroatoms. The molecule has 1 aromatic carbocycles. The summed E-state index contributed by atoms with van der Waals surface area (Å²) in [5, 5.41) is 6.77. The first-order valence-corrected chi connectivity index (χ1v) is 10.3. The van der Waals surface area contributed by atoms with Crippen molar-refractivity contribution in [2.75, 3.05) is 43.6 Å². The quantitative estimate of drug-likeness (QED) is 0.656. The zero-order valence-electron chi connectivity index (χ0n) is 17.3. The number of nitrogens with one attached hydrogen (secondary N) is 2. The van der Waals surface area contributed by atoms with Crippen molar-refractivity contribution in [2.24, 2.45) is 0 Å². The first-order chi connectivity index (χ1) is 15.3. The number of aromatic nitrogens is 3. The van der Waals surface area contributed by atoms with Crippen LogP contribution < -0.4 is 20.3 Å². The number of fused-ring (bicyclic) bond motifs is 1. The van der Waals surface area contributed by atoms with Crippen LogP contribution in [0.25, 0.3) is 17.3 Å². The first kappa shape index (κ1) is 19.3. The maximum atomic E-state index is 5.45. The molecule has 5 rings (SSSR count). The third-order valence-corrected chi connectivity index (χ3v) is 5.43. The fourth-order valence-corrected chi connectivity index (χ4v) is 3.75. The van der Waals surface area contributed by atoms with Crippen molar-refractivity contribution < 1.29 is 9.47 Å². The van der Waals surface area contributed by atoms with Crippen LogP contribution in [0.1, 0.15) is 11.1 Å². The summed E-state index contributed by atoms with van der Waals surface area (Å²) >= 11 is 0. The SMILES string of the molecule is COc1ncc(-c2cc3c(c(Nc4ccc(N5CCOCC5)cc4)n2)CNC=C3)cn1. The third-order valence-electron chi connectivity index (χ3n) is 5.43. The van der Waals surface area contributed by atoms with Crippen LogP contribution in [0, 0.1) is 0 Å². The normalized spacial score (nSPS) is 15.2. The van der Waals surface area contributed by atoms with E-state index in [1.165, 1.54) is 5.69 Å². The first-order valence-electron chi connectivity index (χ1n) is 10.3. The van der Waals surface area contributed by atoms with Gasteiger partial charge in [0.2, 0.25) is 0 Å². The highest BCUT2D eigenvalue weighted by Gasteiger charge is 2.16. The lowest BCUT2D eigenvalue weighted by Crippen LogP contribution is -2.36. The average molecular weight is 416 g/mol. The minimum atomic E-state index is 0.338. The molecule has 0 unspecified atom stereocenters. The van der Waals surface area contributed by atoms with Crippen molar-refractivity contribution in [3.8, 4) is 17.3 Å². The van der Waals surface area contributed by atoms with Gasteiger partial charge in [-0.1, -0.05) is 0 Å². The Morgan fingerprint density at radius 3 is 2.61 bits per heavy atom. The molecule has 0 radical (unpaired) electrons. The second kappa shape index (κ2) is 8.61. The molecule has 0 aliphatic carbocycles. The molecule has 4 heterocycles. The largest absolute Gasteiger partial charge is 0.467 e. The lowest BCUT2D eigenvalue weighted by molar-refractivity contribution is 0.122. The van der Waals surface area contributed by atoms with Gasteiger partial charge in [0, 0.05) is 54.5 Å². The lowest BCUT2D eigenvalue weighted by Gasteiger charge is -2.29. The Balaban J connectivity index is 1.44. The molecular weight excluding hydrogens is 392 g/mol. The molecule has 3 aromatic rings. The van der Waals surface area contributed by atoms with E-state index in [4.69, 9.17) is 14.5 Å². The zero-order valence-corrected chi connectivity index (χ0v) is 17.3. The topological polar surface area (TPSA) is 84.4 Å². The van der Waals surface area contributed by atoms with E-state index in [1.807, 2.05) is 6.20 Å². The van der Waals surface area contributed by atoms with Crippen LogP contribution in [0.15, 0.2) is 48.9 Å². The minimum absolute atomic E-state index is 0.338. The van der Waals surface area contributed by atoms with E-state index >= 15 is 0 Å². The molecule has 2 N–H and O–H groups in total. The maximum Gasteiger partial charge on any atom is 0.316 e. The Kier molecular flexibility index (Phi) is 5.37. The molecular formula is C23H24N6O2. The Morgan fingerprint density at radius 2 is 1.87 bits per heavy atom. The molecule has 2 aromatic heterocycles. The predicted molar refractivity (Wildman–Crippen MR) is 120 cm³/mol. The second-order valence-corrected chi connectivity index (χ2v) is 7.37. The predicted octanol–water partition coefficient (Wildman–Crippen LogP) is 3.20. The molecule has 0 atom stereocenters. The van der Waals surface area contributed by atoms with Crippen molar-refractivity contribution in [3.05, 3.63) is 60.1 Å². The number of pyridine rings is 1. The average Bonchev–Trinajstić information content (AvgIpc) is 2.85. The number of benzene rings is 1. The summed E-state index contributed by atoms with van der Waals surface area (Å²) in [4.78, 5) is 15.7. The van der Waals surface area contributed by atoms with Gasteiger partial charge in [-0.3, -0.25) is 0 Å². The molecule has 0 amide bonds. The van der Waals surface area contributed by atoms with Gasteiger partial charge in [0.15, 0.2) is 0 Å². The molecule has 0 spiro atoms. The van der Waals surface area contributed by atoms with Crippen LogP contribution in [0.5, 0.6) is 6.01 Å². The smallest absolute Gasteiger partial charge is 0.316 e. The van der Waals surface area contributed by atoms with Crippen LogP contribution in [0.3, 0.4) is 0 Å². The molecule has 8 nitrogen and oxygen atoms in total. The summed E-state index contributed by atoms with van der Waals surface area (Å²) in [5.74, 6) is 0.819. The maximum absolute atomic E-state index is 5.45. The molecule has 1 saturated heterocycles. The molecule has 2 aliphatic heterocycles. The van der Waals surface area contributed by atoms with E-state index in [2.05, 4.69) is 61.9 Å². The fraction of sp³-hybridized carbons (Fsp3) is 0.261. The number of methoxy groups -OCH3 is 1. The van der Waals surface area contributed by atoms with Gasteiger partial charge in [-0.15, -0.1) is 0 Å². The van der Waals surface area contributed by atoms with Crippen molar-refractivity contribution in [2.45, 2.75) is 6.54 Å². The number of rotatable bonds is 5. The highest BCUT2D eigenvalue weighted by atomic mass is 16.5. The van der Waals surface area contributed by atoms with Crippen LogP contribution in [-0.2, 0) is 11.3 Å². The van der Waals surface area contributed by atoms with Crippen molar-refractivity contribution in [1.29, 1.82) is 0 Å². The van der Waals surface area contributed by atoms with E-state index in [0.29, 0.717) is 12.6 Å². The van der Waals surface area contributed by atoms with Gasteiger partial charge < -0.3 is 25.0 Å². The Morgan fingerprint density at radius 1 is 1.10 bits per heavy atom. The van der Waals surface area contributed by atoms with E-state index in [-0.39, 0.29) is 0 Å². The number of ether oxygens (including phenoxy) is 2.